The largest absolute Gasteiger partial charge is 0.360 e. The SMILES string of the molecule is Cc1ccc(Cn2nc(C)c(NC(=O)c3noc4c3CC(C)CC4)c2C)cc1. The highest BCUT2D eigenvalue weighted by molar-refractivity contribution is 6.04. The number of aryl methyl sites for hydroxylation is 3. The number of rotatable bonds is 4. The van der Waals surface area contributed by atoms with Gasteiger partial charge in [-0.25, -0.2) is 0 Å². The minimum atomic E-state index is -0.222. The maximum absolute atomic E-state index is 12.9. The lowest BCUT2D eigenvalue weighted by molar-refractivity contribution is 0.101. The van der Waals surface area contributed by atoms with Gasteiger partial charge in [0.1, 0.15) is 5.76 Å². The van der Waals surface area contributed by atoms with Gasteiger partial charge in [-0.1, -0.05) is 41.9 Å². The first-order valence-corrected chi connectivity index (χ1v) is 9.80. The van der Waals surface area contributed by atoms with Gasteiger partial charge >= 0.3 is 0 Å². The summed E-state index contributed by atoms with van der Waals surface area (Å²) in [6.07, 6.45) is 2.77. The van der Waals surface area contributed by atoms with Crippen LogP contribution in [-0.4, -0.2) is 20.8 Å². The summed E-state index contributed by atoms with van der Waals surface area (Å²) in [5.41, 5.74) is 6.24. The van der Waals surface area contributed by atoms with Crippen LogP contribution < -0.4 is 5.32 Å². The molecule has 6 heteroatoms. The molecule has 0 saturated carbocycles. The van der Waals surface area contributed by atoms with Crippen molar-refractivity contribution in [2.45, 2.75) is 53.5 Å². The first-order valence-electron chi connectivity index (χ1n) is 9.80. The Morgan fingerprint density at radius 1 is 1.25 bits per heavy atom. The predicted molar refractivity (Wildman–Crippen MR) is 108 cm³/mol. The lowest BCUT2D eigenvalue weighted by atomic mass is 9.88. The van der Waals surface area contributed by atoms with Crippen LogP contribution in [0.1, 0.15) is 57.7 Å². The number of hydrogen-bond donors (Lipinski definition) is 1. The first-order chi connectivity index (χ1) is 13.4. The molecule has 1 aliphatic rings. The zero-order chi connectivity index (χ0) is 19.8. The molecule has 0 aliphatic heterocycles. The van der Waals surface area contributed by atoms with Gasteiger partial charge in [0.25, 0.3) is 5.91 Å². The number of carbonyl (C=O) groups is 1. The van der Waals surface area contributed by atoms with E-state index in [1.54, 1.807) is 0 Å². The molecule has 1 unspecified atom stereocenters. The third-order valence-corrected chi connectivity index (χ3v) is 5.57. The van der Waals surface area contributed by atoms with E-state index in [1.165, 1.54) is 11.1 Å². The molecule has 2 heterocycles. The smallest absolute Gasteiger partial charge is 0.278 e. The monoisotopic (exact) mass is 378 g/mol. The average molecular weight is 378 g/mol. The van der Waals surface area contributed by atoms with Crippen LogP contribution >= 0.6 is 0 Å². The van der Waals surface area contributed by atoms with E-state index < -0.39 is 0 Å². The van der Waals surface area contributed by atoms with E-state index in [0.717, 1.165) is 47.7 Å². The number of nitrogens with one attached hydrogen (secondary N) is 1. The van der Waals surface area contributed by atoms with Gasteiger partial charge in [-0.2, -0.15) is 5.10 Å². The van der Waals surface area contributed by atoms with E-state index in [4.69, 9.17) is 4.52 Å². The lowest BCUT2D eigenvalue weighted by Gasteiger charge is -2.16. The number of anilines is 1. The second-order valence-electron chi connectivity index (χ2n) is 7.92. The summed E-state index contributed by atoms with van der Waals surface area (Å²) >= 11 is 0. The molecule has 28 heavy (non-hydrogen) atoms. The van der Waals surface area contributed by atoms with Gasteiger partial charge < -0.3 is 9.84 Å². The second kappa shape index (κ2) is 7.26. The van der Waals surface area contributed by atoms with E-state index in [9.17, 15) is 4.79 Å². The highest BCUT2D eigenvalue weighted by Gasteiger charge is 2.28. The minimum Gasteiger partial charge on any atom is -0.360 e. The number of carbonyl (C=O) groups excluding carboxylic acids is 1. The maximum Gasteiger partial charge on any atom is 0.278 e. The molecule has 146 valence electrons. The van der Waals surface area contributed by atoms with Crippen LogP contribution in [0.4, 0.5) is 5.69 Å². The Morgan fingerprint density at radius 2 is 2.00 bits per heavy atom. The predicted octanol–water partition coefficient (Wildman–Crippen LogP) is 4.22. The van der Waals surface area contributed by atoms with Crippen LogP contribution in [0.2, 0.25) is 0 Å². The lowest BCUT2D eigenvalue weighted by Crippen LogP contribution is -2.18. The minimum absolute atomic E-state index is 0.222. The van der Waals surface area contributed by atoms with Crippen LogP contribution in [0.15, 0.2) is 28.8 Å². The summed E-state index contributed by atoms with van der Waals surface area (Å²) in [6.45, 7) is 8.82. The normalized spacial score (nSPS) is 16.1. The first kappa shape index (κ1) is 18.5. The Hall–Kier alpha value is -2.89. The van der Waals surface area contributed by atoms with Crippen molar-refractivity contribution < 1.29 is 9.32 Å². The fourth-order valence-corrected chi connectivity index (χ4v) is 3.83. The summed E-state index contributed by atoms with van der Waals surface area (Å²) in [7, 11) is 0. The van der Waals surface area contributed by atoms with E-state index in [-0.39, 0.29) is 5.91 Å². The zero-order valence-corrected chi connectivity index (χ0v) is 16.9. The average Bonchev–Trinajstić information content (AvgIpc) is 3.19. The Bertz CT molecular complexity index is 1010. The summed E-state index contributed by atoms with van der Waals surface area (Å²) in [5, 5.41) is 11.7. The molecule has 1 aromatic carbocycles. The number of aromatic nitrogens is 3. The van der Waals surface area contributed by atoms with Gasteiger partial charge in [0.15, 0.2) is 5.69 Å². The Balaban J connectivity index is 1.55. The van der Waals surface area contributed by atoms with Crippen molar-refractivity contribution in [2.24, 2.45) is 5.92 Å². The van der Waals surface area contributed by atoms with Gasteiger partial charge in [0.2, 0.25) is 0 Å². The molecule has 1 atom stereocenters. The molecule has 0 saturated heterocycles. The van der Waals surface area contributed by atoms with Crippen molar-refractivity contribution in [3.8, 4) is 0 Å². The van der Waals surface area contributed by atoms with E-state index in [2.05, 4.69) is 53.7 Å². The Morgan fingerprint density at radius 3 is 2.75 bits per heavy atom. The van der Waals surface area contributed by atoms with Gasteiger partial charge in [0, 0.05) is 12.0 Å². The number of nitrogens with zero attached hydrogens (tertiary/aromatic N) is 3. The van der Waals surface area contributed by atoms with Gasteiger partial charge in [-0.3, -0.25) is 9.48 Å². The van der Waals surface area contributed by atoms with Crippen molar-refractivity contribution in [1.82, 2.24) is 14.9 Å². The van der Waals surface area contributed by atoms with Crippen molar-refractivity contribution >= 4 is 11.6 Å². The number of fused-ring (bicyclic) bond motifs is 1. The van der Waals surface area contributed by atoms with E-state index in [1.807, 2.05) is 18.5 Å². The molecule has 0 radical (unpaired) electrons. The Labute approximate surface area is 164 Å². The topological polar surface area (TPSA) is 73.0 Å². The summed E-state index contributed by atoms with van der Waals surface area (Å²) in [4.78, 5) is 12.9. The molecule has 0 fully saturated rings. The summed E-state index contributed by atoms with van der Waals surface area (Å²) in [5.74, 6) is 1.17. The molecular weight excluding hydrogens is 352 g/mol. The van der Waals surface area contributed by atoms with Crippen molar-refractivity contribution in [3.05, 3.63) is 63.8 Å². The van der Waals surface area contributed by atoms with E-state index in [0.29, 0.717) is 18.2 Å². The molecule has 6 nitrogen and oxygen atoms in total. The number of amides is 1. The number of hydrogen-bond acceptors (Lipinski definition) is 4. The molecule has 3 aromatic rings. The van der Waals surface area contributed by atoms with Crippen molar-refractivity contribution in [3.63, 3.8) is 0 Å². The quantitative estimate of drug-likeness (QED) is 0.738. The van der Waals surface area contributed by atoms with E-state index >= 15 is 0 Å². The standard InChI is InChI=1S/C22H26N4O2/c1-13-5-8-17(9-6-13)12-26-16(4)20(15(3)24-26)23-22(27)21-18-11-14(2)7-10-19(18)28-25-21/h5-6,8-9,14H,7,10-12H2,1-4H3,(H,23,27). The van der Waals surface area contributed by atoms with Crippen LogP contribution in [0, 0.1) is 26.7 Å². The van der Waals surface area contributed by atoms with Crippen molar-refractivity contribution in [1.29, 1.82) is 0 Å². The molecule has 0 bridgehead atoms. The van der Waals surface area contributed by atoms with Gasteiger partial charge in [-0.05, 0) is 45.1 Å². The number of benzene rings is 1. The highest BCUT2D eigenvalue weighted by atomic mass is 16.5. The van der Waals surface area contributed by atoms with Gasteiger partial charge in [-0.15, -0.1) is 0 Å². The molecule has 2 aromatic heterocycles. The summed E-state index contributed by atoms with van der Waals surface area (Å²) < 4.78 is 7.34. The van der Waals surface area contributed by atoms with Gasteiger partial charge in [0.05, 0.1) is 23.6 Å². The highest BCUT2D eigenvalue weighted by Crippen LogP contribution is 2.29. The Kier molecular flexibility index (Phi) is 4.79. The van der Waals surface area contributed by atoms with Crippen LogP contribution in [0.25, 0.3) is 0 Å². The molecule has 1 N–H and O–H groups in total. The maximum atomic E-state index is 12.9. The van der Waals surface area contributed by atoms with Crippen LogP contribution in [0.3, 0.4) is 0 Å². The fourth-order valence-electron chi connectivity index (χ4n) is 3.83. The third-order valence-electron chi connectivity index (χ3n) is 5.57. The molecule has 1 amide bonds. The third kappa shape index (κ3) is 3.46. The molecule has 0 spiro atoms. The van der Waals surface area contributed by atoms with Crippen molar-refractivity contribution in [2.75, 3.05) is 5.32 Å². The fraction of sp³-hybridized carbons (Fsp3) is 0.409. The van der Waals surface area contributed by atoms with Crippen LogP contribution in [0.5, 0.6) is 0 Å². The molecule has 4 rings (SSSR count). The van der Waals surface area contributed by atoms with Crippen LogP contribution in [-0.2, 0) is 19.4 Å². The second-order valence-corrected chi connectivity index (χ2v) is 7.92. The molecule has 1 aliphatic carbocycles. The zero-order valence-electron chi connectivity index (χ0n) is 16.9. The molecular formula is C22H26N4O2. The summed E-state index contributed by atoms with van der Waals surface area (Å²) in [6, 6.07) is 8.40.